The number of furan rings is 1. The number of aryl methyl sites for hydroxylation is 1. The summed E-state index contributed by atoms with van der Waals surface area (Å²) in [5, 5.41) is 2.71. The third-order valence-corrected chi connectivity index (χ3v) is 9.73. The molecular formula is C44H44IrN2OSi-2. The molecule has 0 aliphatic carbocycles. The van der Waals surface area contributed by atoms with Gasteiger partial charge in [-0.05, 0) is 64.8 Å². The van der Waals surface area contributed by atoms with E-state index in [2.05, 4.69) is 41.7 Å². The molecule has 4 aromatic carbocycles. The first kappa shape index (κ1) is 27.6. The number of pyridine rings is 2. The second-order valence-corrected chi connectivity index (χ2v) is 18.9. The molecule has 251 valence electrons. The van der Waals surface area contributed by atoms with Crippen LogP contribution in [0.1, 0.15) is 52.6 Å². The van der Waals surface area contributed by atoms with Gasteiger partial charge in [0.1, 0.15) is 5.58 Å². The van der Waals surface area contributed by atoms with E-state index in [-0.39, 0.29) is 25.7 Å². The summed E-state index contributed by atoms with van der Waals surface area (Å²) in [4.78, 5) is 9.05. The van der Waals surface area contributed by atoms with Gasteiger partial charge in [0.05, 0.1) is 13.7 Å². The van der Waals surface area contributed by atoms with Crippen molar-refractivity contribution in [1.82, 2.24) is 9.97 Å². The molecule has 3 nitrogen and oxygen atoms in total. The van der Waals surface area contributed by atoms with Gasteiger partial charge in [-0.25, -0.2) is 0 Å². The van der Waals surface area contributed by atoms with Gasteiger partial charge in [0, 0.05) is 47.5 Å². The minimum Gasteiger partial charge on any atom is -0.501 e. The molecule has 0 amide bonds. The molecule has 0 fully saturated rings. The fourth-order valence-electron chi connectivity index (χ4n) is 5.54. The van der Waals surface area contributed by atoms with E-state index in [4.69, 9.17) is 14.0 Å². The Morgan fingerprint density at radius 2 is 1.59 bits per heavy atom. The Bertz CT molecular complexity index is 2450. The second-order valence-electron chi connectivity index (χ2n) is 13.8. The Morgan fingerprint density at radius 3 is 2.31 bits per heavy atom. The van der Waals surface area contributed by atoms with Crippen LogP contribution in [0.5, 0.6) is 0 Å². The van der Waals surface area contributed by atoms with Crippen molar-refractivity contribution >= 4 is 35.2 Å². The van der Waals surface area contributed by atoms with Crippen molar-refractivity contribution in [3.05, 3.63) is 150 Å². The van der Waals surface area contributed by atoms with Crippen molar-refractivity contribution in [3.63, 3.8) is 0 Å². The number of hydrogen-bond acceptors (Lipinski definition) is 3. The van der Waals surface area contributed by atoms with Gasteiger partial charge < -0.3 is 14.4 Å². The Labute approximate surface area is 316 Å². The molecular weight excluding hydrogens is 793 g/mol. The van der Waals surface area contributed by atoms with Gasteiger partial charge in [-0.1, -0.05) is 117 Å². The van der Waals surface area contributed by atoms with E-state index in [1.807, 2.05) is 93.7 Å². The van der Waals surface area contributed by atoms with Crippen molar-refractivity contribution in [2.75, 3.05) is 0 Å². The van der Waals surface area contributed by atoms with Crippen molar-refractivity contribution in [3.8, 4) is 22.5 Å². The van der Waals surface area contributed by atoms with Crippen LogP contribution in [0.2, 0.25) is 19.6 Å². The molecule has 5 heteroatoms. The zero-order valence-corrected chi connectivity index (χ0v) is 32.0. The largest absolute Gasteiger partial charge is 0.501 e. The van der Waals surface area contributed by atoms with E-state index in [1.165, 1.54) is 0 Å². The van der Waals surface area contributed by atoms with Crippen molar-refractivity contribution in [1.29, 1.82) is 0 Å². The maximum atomic E-state index is 8.84. The monoisotopic (exact) mass is 844 g/mol. The van der Waals surface area contributed by atoms with E-state index in [0.717, 1.165) is 32.8 Å². The summed E-state index contributed by atoms with van der Waals surface area (Å²) >= 11 is 0. The van der Waals surface area contributed by atoms with E-state index in [1.54, 1.807) is 42.6 Å². The summed E-state index contributed by atoms with van der Waals surface area (Å²) in [6, 6.07) is 37.3. The van der Waals surface area contributed by atoms with Crippen LogP contribution in [0.15, 0.2) is 120 Å². The predicted molar refractivity (Wildman–Crippen MR) is 204 cm³/mol. The first-order valence-electron chi connectivity index (χ1n) is 19.6. The summed E-state index contributed by atoms with van der Waals surface area (Å²) in [5.41, 5.74) is 5.41. The molecule has 0 N–H and O–H groups in total. The van der Waals surface area contributed by atoms with Crippen LogP contribution in [-0.4, -0.2) is 18.0 Å². The maximum absolute atomic E-state index is 8.84. The Hall–Kier alpha value is -4.15. The molecule has 0 unspecified atom stereocenters. The molecule has 3 aromatic heterocycles. The average molecular weight is 844 g/mol. The minimum absolute atomic E-state index is 0. The standard InChI is InChI=1S/C23H22NO.C21H22NSi.Ir/c1-15-8-9-17-18-6-5-7-19(22(18)25-21(17)12-15)20-13-16(10-11-24-20)14-23(2,3)4;1-23(2,3)21-16-22-20(18-12-8-5-9-13-18)15-19(21)14-17-10-6-4-7-11-17;/h5-6,8-13H,14H2,1-4H3;4-12,15-16H,14H2,1-3H3;/q2*-1;/i1D3,14D2;14D2;. The second kappa shape index (κ2) is 15.2. The molecule has 0 saturated heterocycles. The molecule has 0 aliphatic rings. The zero-order chi connectivity index (χ0) is 40.0. The molecule has 0 bridgehead atoms. The van der Waals surface area contributed by atoms with Crippen LogP contribution in [-0.2, 0) is 32.9 Å². The molecule has 1 radical (unpaired) electrons. The fraction of sp³-hybridized carbons (Fsp3) is 0.227. The molecule has 0 saturated carbocycles. The van der Waals surface area contributed by atoms with Gasteiger partial charge >= 0.3 is 0 Å². The van der Waals surface area contributed by atoms with E-state index in [9.17, 15) is 0 Å². The number of fused-ring (bicyclic) bond motifs is 3. The van der Waals surface area contributed by atoms with Crippen LogP contribution in [0.3, 0.4) is 0 Å². The number of rotatable bonds is 6. The number of nitrogens with zero attached hydrogens (tertiary/aromatic N) is 2. The SMILES string of the molecule is [2H]C([2H])([2H])c1ccc2c(c1)oc1c(-c3cc(C([2H])([2H])C(C)(C)C)ccn3)[c-]ccc12.[2H]C([2H])(c1ccccc1)c1cc(-c2[c-]cccc2)ncc1[Si](C)(C)C.[Ir]. The average Bonchev–Trinajstić information content (AvgIpc) is 3.53. The fourth-order valence-corrected chi connectivity index (χ4v) is 6.94. The van der Waals surface area contributed by atoms with E-state index < -0.39 is 33.1 Å². The summed E-state index contributed by atoms with van der Waals surface area (Å²) < 4.78 is 63.8. The Kier molecular flexibility index (Phi) is 8.56. The van der Waals surface area contributed by atoms with Crippen molar-refractivity contribution < 1.29 is 34.1 Å². The number of aromatic nitrogens is 2. The predicted octanol–water partition coefficient (Wildman–Crippen LogP) is 11.0. The molecule has 7 rings (SSSR count). The van der Waals surface area contributed by atoms with Crippen LogP contribution in [0, 0.1) is 24.4 Å². The Morgan fingerprint density at radius 1 is 0.796 bits per heavy atom. The summed E-state index contributed by atoms with van der Waals surface area (Å²) in [6.07, 6.45) is 0.346. The normalized spacial score (nSPS) is 14.5. The van der Waals surface area contributed by atoms with Crippen LogP contribution in [0.25, 0.3) is 44.5 Å². The smallest absolute Gasteiger partial charge is 0.121 e. The molecule has 3 heterocycles. The van der Waals surface area contributed by atoms with Gasteiger partial charge in [0.15, 0.2) is 0 Å². The molecule has 7 aromatic rings. The summed E-state index contributed by atoms with van der Waals surface area (Å²) in [6.45, 7) is 10.1. The number of benzene rings is 4. The van der Waals surface area contributed by atoms with Gasteiger partial charge in [-0.2, -0.15) is 0 Å². The maximum Gasteiger partial charge on any atom is 0.121 e. The van der Waals surface area contributed by atoms with Gasteiger partial charge in [0.25, 0.3) is 0 Å². The van der Waals surface area contributed by atoms with Crippen LogP contribution >= 0.6 is 0 Å². The molecule has 0 atom stereocenters. The van der Waals surface area contributed by atoms with Crippen molar-refractivity contribution in [2.45, 2.75) is 60.0 Å². The van der Waals surface area contributed by atoms with Crippen LogP contribution < -0.4 is 5.19 Å². The summed E-state index contributed by atoms with van der Waals surface area (Å²) in [5.74, 6) is 0. The topological polar surface area (TPSA) is 38.9 Å². The van der Waals surface area contributed by atoms with Gasteiger partial charge in [0.2, 0.25) is 0 Å². The quantitative estimate of drug-likeness (QED) is 0.124. The third kappa shape index (κ3) is 8.91. The third-order valence-electron chi connectivity index (χ3n) is 7.72. The first-order chi connectivity index (χ1) is 25.7. The summed E-state index contributed by atoms with van der Waals surface area (Å²) in [7, 11) is -1.76. The Balaban J connectivity index is 0.000000214. The van der Waals surface area contributed by atoms with Crippen molar-refractivity contribution in [2.24, 2.45) is 5.41 Å². The first-order valence-corrected chi connectivity index (χ1v) is 19.6. The minimum atomic E-state index is -2.21. The van der Waals surface area contributed by atoms with E-state index in [0.29, 0.717) is 33.6 Å². The van der Waals surface area contributed by atoms with Gasteiger partial charge in [-0.15, -0.1) is 54.1 Å². The molecule has 49 heavy (non-hydrogen) atoms. The molecule has 0 aliphatic heterocycles. The number of hydrogen-bond donors (Lipinski definition) is 0. The van der Waals surface area contributed by atoms with E-state index >= 15 is 0 Å². The zero-order valence-electron chi connectivity index (χ0n) is 35.6. The molecule has 0 spiro atoms. The van der Waals surface area contributed by atoms with Crippen LogP contribution in [0.4, 0.5) is 0 Å². The van der Waals surface area contributed by atoms with Gasteiger partial charge in [-0.3, -0.25) is 0 Å².